The Morgan fingerprint density at radius 2 is 2.13 bits per heavy atom. The molecule has 15 heavy (non-hydrogen) atoms. The fraction of sp³-hybridized carbons (Fsp3) is 0.300. The standard InChI is InChI=1S/C10H10BrFO3/c1-5-2-3-6(7(11)4-5)9(13)8(12)10(14)15/h2-4,8-9,13H,1H3,(H,14,15). The first kappa shape index (κ1) is 12.1. The first-order valence-corrected chi connectivity index (χ1v) is 5.03. The summed E-state index contributed by atoms with van der Waals surface area (Å²) in [6, 6.07) is 4.87. The summed E-state index contributed by atoms with van der Waals surface area (Å²) in [6.07, 6.45) is -3.97. The minimum atomic E-state index is -2.32. The summed E-state index contributed by atoms with van der Waals surface area (Å²) in [5.41, 5.74) is 1.17. The first-order valence-electron chi connectivity index (χ1n) is 4.24. The summed E-state index contributed by atoms with van der Waals surface area (Å²) in [5.74, 6) is -1.67. The number of alkyl halides is 1. The Morgan fingerprint density at radius 3 is 2.60 bits per heavy atom. The number of halogens is 2. The maximum absolute atomic E-state index is 13.0. The van der Waals surface area contributed by atoms with Gasteiger partial charge in [0.2, 0.25) is 6.17 Å². The molecule has 0 aliphatic carbocycles. The second-order valence-corrected chi connectivity index (χ2v) is 4.06. The molecule has 1 rings (SSSR count). The summed E-state index contributed by atoms with van der Waals surface area (Å²) in [7, 11) is 0. The molecule has 0 fully saturated rings. The van der Waals surface area contributed by atoms with Gasteiger partial charge in [-0.1, -0.05) is 28.1 Å². The Bertz CT molecular complexity index is 381. The maximum Gasteiger partial charge on any atom is 0.341 e. The topological polar surface area (TPSA) is 57.5 Å². The van der Waals surface area contributed by atoms with Crippen LogP contribution in [0.15, 0.2) is 22.7 Å². The first-order chi connectivity index (χ1) is 6.93. The van der Waals surface area contributed by atoms with Gasteiger partial charge in [0.15, 0.2) is 0 Å². The van der Waals surface area contributed by atoms with Gasteiger partial charge < -0.3 is 10.2 Å². The molecule has 1 aromatic rings. The summed E-state index contributed by atoms with van der Waals surface area (Å²) in [4.78, 5) is 10.3. The Hall–Kier alpha value is -0.940. The van der Waals surface area contributed by atoms with Crippen molar-refractivity contribution in [1.82, 2.24) is 0 Å². The van der Waals surface area contributed by atoms with Crippen molar-refractivity contribution in [3.8, 4) is 0 Å². The van der Waals surface area contributed by atoms with Gasteiger partial charge in [0, 0.05) is 4.47 Å². The molecule has 1 aromatic carbocycles. The molecule has 0 saturated heterocycles. The normalized spacial score (nSPS) is 14.7. The predicted molar refractivity (Wildman–Crippen MR) is 56.4 cm³/mol. The van der Waals surface area contributed by atoms with E-state index in [0.29, 0.717) is 4.47 Å². The number of hydrogen-bond donors (Lipinski definition) is 2. The third-order valence-corrected chi connectivity index (χ3v) is 2.67. The quantitative estimate of drug-likeness (QED) is 0.890. The van der Waals surface area contributed by atoms with Crippen molar-refractivity contribution in [3.63, 3.8) is 0 Å². The van der Waals surface area contributed by atoms with Crippen LogP contribution in [0, 0.1) is 6.92 Å². The fourth-order valence-corrected chi connectivity index (χ4v) is 1.89. The lowest BCUT2D eigenvalue weighted by atomic mass is 10.0. The minimum absolute atomic E-state index is 0.232. The van der Waals surface area contributed by atoms with Crippen LogP contribution in [-0.2, 0) is 4.79 Å². The zero-order valence-corrected chi connectivity index (χ0v) is 9.53. The second kappa shape index (κ2) is 4.72. The number of aryl methyl sites for hydroxylation is 1. The highest BCUT2D eigenvalue weighted by Gasteiger charge is 2.28. The lowest BCUT2D eigenvalue weighted by Crippen LogP contribution is -2.23. The van der Waals surface area contributed by atoms with E-state index in [1.165, 1.54) is 6.07 Å². The maximum atomic E-state index is 13.0. The van der Waals surface area contributed by atoms with Crippen LogP contribution in [0.4, 0.5) is 4.39 Å². The molecular formula is C10H10BrFO3. The van der Waals surface area contributed by atoms with Gasteiger partial charge in [-0.15, -0.1) is 0 Å². The van der Waals surface area contributed by atoms with Gasteiger partial charge >= 0.3 is 5.97 Å². The van der Waals surface area contributed by atoms with Crippen LogP contribution in [0.25, 0.3) is 0 Å². The second-order valence-electron chi connectivity index (χ2n) is 3.21. The molecule has 5 heteroatoms. The van der Waals surface area contributed by atoms with E-state index in [0.717, 1.165) is 5.56 Å². The number of benzene rings is 1. The highest BCUT2D eigenvalue weighted by Crippen LogP contribution is 2.28. The van der Waals surface area contributed by atoms with Crippen molar-refractivity contribution in [2.24, 2.45) is 0 Å². The van der Waals surface area contributed by atoms with E-state index in [1.807, 2.05) is 6.92 Å². The summed E-state index contributed by atoms with van der Waals surface area (Å²) in [5, 5.41) is 17.9. The minimum Gasteiger partial charge on any atom is -0.479 e. The van der Waals surface area contributed by atoms with Crippen molar-refractivity contribution in [2.45, 2.75) is 19.2 Å². The number of rotatable bonds is 3. The highest BCUT2D eigenvalue weighted by atomic mass is 79.9. The van der Waals surface area contributed by atoms with Gasteiger partial charge in [-0.3, -0.25) is 0 Å². The van der Waals surface area contributed by atoms with Gasteiger partial charge in [-0.25, -0.2) is 9.18 Å². The number of aliphatic hydroxyl groups excluding tert-OH is 1. The van der Waals surface area contributed by atoms with Gasteiger partial charge in [-0.2, -0.15) is 0 Å². The lowest BCUT2D eigenvalue weighted by Gasteiger charge is -2.14. The molecule has 0 amide bonds. The van der Waals surface area contributed by atoms with Crippen LogP contribution < -0.4 is 0 Å². The van der Waals surface area contributed by atoms with Crippen molar-refractivity contribution in [3.05, 3.63) is 33.8 Å². The summed E-state index contributed by atoms with van der Waals surface area (Å²) >= 11 is 3.15. The summed E-state index contributed by atoms with van der Waals surface area (Å²) in [6.45, 7) is 1.84. The van der Waals surface area contributed by atoms with Crippen molar-refractivity contribution in [1.29, 1.82) is 0 Å². The predicted octanol–water partition coefficient (Wildman–Crippen LogP) is 2.21. The van der Waals surface area contributed by atoms with E-state index in [-0.39, 0.29) is 5.56 Å². The molecule has 82 valence electrons. The Morgan fingerprint density at radius 1 is 1.53 bits per heavy atom. The molecule has 0 aromatic heterocycles. The largest absolute Gasteiger partial charge is 0.479 e. The van der Waals surface area contributed by atoms with Crippen molar-refractivity contribution in [2.75, 3.05) is 0 Å². The molecule has 2 unspecified atom stereocenters. The van der Waals surface area contributed by atoms with Crippen LogP contribution in [0.1, 0.15) is 17.2 Å². The molecule has 2 N–H and O–H groups in total. The molecule has 0 heterocycles. The van der Waals surface area contributed by atoms with E-state index in [4.69, 9.17) is 5.11 Å². The van der Waals surface area contributed by atoms with Crippen LogP contribution in [0.3, 0.4) is 0 Å². The van der Waals surface area contributed by atoms with E-state index in [9.17, 15) is 14.3 Å². The Balaban J connectivity index is 3.01. The number of aliphatic hydroxyl groups is 1. The highest BCUT2D eigenvalue weighted by molar-refractivity contribution is 9.10. The monoisotopic (exact) mass is 276 g/mol. The number of carboxylic acids is 1. The molecule has 0 radical (unpaired) electrons. The summed E-state index contributed by atoms with van der Waals surface area (Å²) < 4.78 is 13.5. The number of carbonyl (C=O) groups is 1. The molecule has 2 atom stereocenters. The fourth-order valence-electron chi connectivity index (χ4n) is 1.16. The van der Waals surface area contributed by atoms with E-state index < -0.39 is 18.2 Å². The van der Waals surface area contributed by atoms with Crippen molar-refractivity contribution >= 4 is 21.9 Å². The SMILES string of the molecule is Cc1ccc(C(O)C(F)C(=O)O)c(Br)c1. The van der Waals surface area contributed by atoms with E-state index in [2.05, 4.69) is 15.9 Å². The number of carboxylic acid groups (broad SMARTS) is 1. The Kier molecular flexibility index (Phi) is 3.82. The van der Waals surface area contributed by atoms with E-state index >= 15 is 0 Å². The molecule has 0 aliphatic rings. The lowest BCUT2D eigenvalue weighted by molar-refractivity contribution is -0.147. The zero-order chi connectivity index (χ0) is 11.6. The molecule has 0 aliphatic heterocycles. The average molecular weight is 277 g/mol. The molecule has 3 nitrogen and oxygen atoms in total. The molecule has 0 bridgehead atoms. The molecule has 0 spiro atoms. The van der Waals surface area contributed by atoms with Crippen LogP contribution >= 0.6 is 15.9 Å². The van der Waals surface area contributed by atoms with Gasteiger partial charge in [0.05, 0.1) is 0 Å². The van der Waals surface area contributed by atoms with Crippen molar-refractivity contribution < 1.29 is 19.4 Å². The van der Waals surface area contributed by atoms with Crippen LogP contribution in [-0.4, -0.2) is 22.4 Å². The Labute approximate surface area is 94.7 Å². The van der Waals surface area contributed by atoms with Crippen LogP contribution in [0.2, 0.25) is 0 Å². The van der Waals surface area contributed by atoms with E-state index in [1.54, 1.807) is 12.1 Å². The van der Waals surface area contributed by atoms with Gasteiger partial charge in [0.1, 0.15) is 6.10 Å². The average Bonchev–Trinajstić information content (AvgIpc) is 2.15. The number of hydrogen-bond acceptors (Lipinski definition) is 2. The smallest absolute Gasteiger partial charge is 0.341 e. The van der Waals surface area contributed by atoms with Gasteiger partial charge in [-0.05, 0) is 24.1 Å². The molecule has 0 saturated carbocycles. The third kappa shape index (κ3) is 2.76. The third-order valence-electron chi connectivity index (χ3n) is 1.99. The molecular weight excluding hydrogens is 267 g/mol. The number of aliphatic carboxylic acids is 1. The van der Waals surface area contributed by atoms with Crippen LogP contribution in [0.5, 0.6) is 0 Å². The van der Waals surface area contributed by atoms with Gasteiger partial charge in [0.25, 0.3) is 0 Å². The zero-order valence-electron chi connectivity index (χ0n) is 7.95.